The number of fused-ring (bicyclic) bond motifs is 3. The molecular formula is C23H19N3O2S. The molecule has 5 nitrogen and oxygen atoms in total. The van der Waals surface area contributed by atoms with Gasteiger partial charge in [-0.05, 0) is 36.1 Å². The van der Waals surface area contributed by atoms with E-state index in [1.165, 1.54) is 16.0 Å². The van der Waals surface area contributed by atoms with Gasteiger partial charge in [0.2, 0.25) is 5.58 Å². The first kappa shape index (κ1) is 17.8. The first-order valence-corrected chi connectivity index (χ1v) is 10.3. The molecule has 0 spiro atoms. The van der Waals surface area contributed by atoms with Crippen LogP contribution in [0.25, 0.3) is 22.1 Å². The van der Waals surface area contributed by atoms with Crippen LogP contribution < -0.4 is 10.9 Å². The van der Waals surface area contributed by atoms with Crippen LogP contribution >= 0.6 is 11.3 Å². The molecule has 1 atom stereocenters. The van der Waals surface area contributed by atoms with E-state index in [1.54, 1.807) is 11.3 Å². The second-order valence-electron chi connectivity index (χ2n) is 7.03. The lowest BCUT2D eigenvalue weighted by Crippen LogP contribution is -2.24. The SMILES string of the molecule is Cc1ccc([C@H](NCc2nc3c(oc4ccccc43)c(=O)[nH]2)c2cccs2)cc1. The highest BCUT2D eigenvalue weighted by Crippen LogP contribution is 2.27. The highest BCUT2D eigenvalue weighted by Gasteiger charge is 2.17. The minimum Gasteiger partial charge on any atom is -0.449 e. The van der Waals surface area contributed by atoms with Gasteiger partial charge in [-0.25, -0.2) is 4.98 Å². The van der Waals surface area contributed by atoms with Gasteiger partial charge in [-0.3, -0.25) is 10.1 Å². The summed E-state index contributed by atoms with van der Waals surface area (Å²) < 4.78 is 5.68. The zero-order chi connectivity index (χ0) is 19.8. The number of aryl methyl sites for hydroxylation is 1. The minimum atomic E-state index is -0.258. The normalized spacial score (nSPS) is 12.6. The van der Waals surface area contributed by atoms with E-state index in [9.17, 15) is 4.79 Å². The Morgan fingerprint density at radius 3 is 2.72 bits per heavy atom. The second kappa shape index (κ2) is 7.31. The van der Waals surface area contributed by atoms with E-state index in [0.717, 1.165) is 5.39 Å². The van der Waals surface area contributed by atoms with E-state index in [2.05, 4.69) is 57.9 Å². The average Bonchev–Trinajstić information content (AvgIpc) is 3.38. The fourth-order valence-corrected chi connectivity index (χ4v) is 4.35. The maximum absolute atomic E-state index is 12.5. The second-order valence-corrected chi connectivity index (χ2v) is 8.01. The van der Waals surface area contributed by atoms with Crippen LogP contribution in [0.2, 0.25) is 0 Å². The van der Waals surface area contributed by atoms with Crippen molar-refractivity contribution in [2.45, 2.75) is 19.5 Å². The van der Waals surface area contributed by atoms with Crippen LogP contribution in [0.3, 0.4) is 0 Å². The number of nitrogens with one attached hydrogen (secondary N) is 2. The van der Waals surface area contributed by atoms with Gasteiger partial charge in [0.05, 0.1) is 12.6 Å². The van der Waals surface area contributed by atoms with Gasteiger partial charge in [0.15, 0.2) is 0 Å². The van der Waals surface area contributed by atoms with Crippen molar-refractivity contribution in [2.75, 3.05) is 0 Å². The van der Waals surface area contributed by atoms with Crippen LogP contribution in [0.15, 0.2) is 75.3 Å². The standard InChI is InChI=1S/C23H19N3O2S/c1-14-8-10-15(11-9-14)20(18-7-4-12-29-18)24-13-19-25-21-16-5-2-3-6-17(16)28-22(21)23(27)26-19/h2-12,20,24H,13H2,1H3,(H,25,26,27)/t20-/m0/s1. The molecule has 0 aliphatic rings. The molecule has 2 N–H and O–H groups in total. The molecule has 0 fully saturated rings. The first-order valence-electron chi connectivity index (χ1n) is 9.43. The maximum Gasteiger partial charge on any atom is 0.294 e. The summed E-state index contributed by atoms with van der Waals surface area (Å²) >= 11 is 1.70. The molecule has 0 amide bonds. The number of thiophene rings is 1. The van der Waals surface area contributed by atoms with Crippen molar-refractivity contribution in [1.29, 1.82) is 0 Å². The average molecular weight is 401 g/mol. The summed E-state index contributed by atoms with van der Waals surface area (Å²) in [5.41, 5.74) is 3.68. The molecule has 2 aromatic carbocycles. The van der Waals surface area contributed by atoms with Gasteiger partial charge in [0.25, 0.3) is 5.56 Å². The van der Waals surface area contributed by atoms with Crippen molar-refractivity contribution in [1.82, 2.24) is 15.3 Å². The van der Waals surface area contributed by atoms with Gasteiger partial charge in [-0.1, -0.05) is 48.0 Å². The first-order chi connectivity index (χ1) is 14.2. The fourth-order valence-electron chi connectivity index (χ4n) is 3.53. The Kier molecular flexibility index (Phi) is 4.50. The third-order valence-corrected chi connectivity index (χ3v) is 5.93. The topological polar surface area (TPSA) is 70.9 Å². The molecule has 5 aromatic rings. The monoisotopic (exact) mass is 401 g/mol. The van der Waals surface area contributed by atoms with Crippen LogP contribution in [0.4, 0.5) is 0 Å². The zero-order valence-electron chi connectivity index (χ0n) is 15.8. The van der Waals surface area contributed by atoms with Crippen molar-refractivity contribution in [3.05, 3.63) is 98.2 Å². The molecule has 0 saturated heterocycles. The number of furan rings is 1. The van der Waals surface area contributed by atoms with Crippen LogP contribution in [-0.4, -0.2) is 9.97 Å². The summed E-state index contributed by atoms with van der Waals surface area (Å²) in [7, 11) is 0. The Morgan fingerprint density at radius 1 is 1.10 bits per heavy atom. The van der Waals surface area contributed by atoms with E-state index in [1.807, 2.05) is 30.3 Å². The number of nitrogens with zero attached hydrogens (tertiary/aromatic N) is 1. The van der Waals surface area contributed by atoms with Crippen molar-refractivity contribution >= 4 is 33.4 Å². The molecule has 0 bridgehead atoms. The lowest BCUT2D eigenvalue weighted by molar-refractivity contribution is 0.591. The number of benzene rings is 2. The Bertz CT molecular complexity index is 1330. The van der Waals surface area contributed by atoms with E-state index in [0.29, 0.717) is 23.5 Å². The van der Waals surface area contributed by atoms with Gasteiger partial charge in [0.1, 0.15) is 16.9 Å². The van der Waals surface area contributed by atoms with E-state index >= 15 is 0 Å². The number of aromatic amines is 1. The summed E-state index contributed by atoms with van der Waals surface area (Å²) in [6.45, 7) is 2.51. The number of H-pyrrole nitrogens is 1. The molecule has 5 rings (SSSR count). The lowest BCUT2D eigenvalue weighted by atomic mass is 10.0. The fraction of sp³-hybridized carbons (Fsp3) is 0.130. The highest BCUT2D eigenvalue weighted by atomic mass is 32.1. The van der Waals surface area contributed by atoms with Crippen LogP contribution in [0.5, 0.6) is 0 Å². The third kappa shape index (κ3) is 3.37. The Morgan fingerprint density at radius 2 is 1.93 bits per heavy atom. The predicted octanol–water partition coefficient (Wildman–Crippen LogP) is 4.92. The molecule has 6 heteroatoms. The molecule has 0 aliphatic carbocycles. The molecule has 3 aromatic heterocycles. The molecule has 0 radical (unpaired) electrons. The van der Waals surface area contributed by atoms with Crippen LogP contribution in [0.1, 0.15) is 27.9 Å². The number of para-hydroxylation sites is 1. The number of hydrogen-bond donors (Lipinski definition) is 2. The van der Waals surface area contributed by atoms with E-state index in [4.69, 9.17) is 4.42 Å². The Balaban J connectivity index is 1.50. The number of aromatic nitrogens is 2. The zero-order valence-corrected chi connectivity index (χ0v) is 16.6. The van der Waals surface area contributed by atoms with Gasteiger partial charge in [-0.15, -0.1) is 11.3 Å². The predicted molar refractivity (Wildman–Crippen MR) is 116 cm³/mol. The Hall–Kier alpha value is -3.22. The summed E-state index contributed by atoms with van der Waals surface area (Å²) in [4.78, 5) is 21.3. The number of hydrogen-bond acceptors (Lipinski definition) is 5. The number of rotatable bonds is 5. The van der Waals surface area contributed by atoms with Crippen molar-refractivity contribution in [3.8, 4) is 0 Å². The van der Waals surface area contributed by atoms with Crippen molar-refractivity contribution < 1.29 is 4.42 Å². The van der Waals surface area contributed by atoms with Gasteiger partial charge in [-0.2, -0.15) is 0 Å². The maximum atomic E-state index is 12.5. The van der Waals surface area contributed by atoms with Gasteiger partial charge < -0.3 is 9.40 Å². The van der Waals surface area contributed by atoms with Crippen molar-refractivity contribution in [3.63, 3.8) is 0 Å². The quantitative estimate of drug-likeness (QED) is 0.439. The van der Waals surface area contributed by atoms with Gasteiger partial charge >= 0.3 is 0 Å². The van der Waals surface area contributed by atoms with Crippen LogP contribution in [-0.2, 0) is 6.54 Å². The minimum absolute atomic E-state index is 0.0256. The van der Waals surface area contributed by atoms with Crippen LogP contribution in [0, 0.1) is 6.92 Å². The summed E-state index contributed by atoms with van der Waals surface area (Å²) in [5, 5.41) is 6.48. The van der Waals surface area contributed by atoms with E-state index in [-0.39, 0.29) is 17.2 Å². The molecule has 144 valence electrons. The molecular weight excluding hydrogens is 382 g/mol. The van der Waals surface area contributed by atoms with Crippen molar-refractivity contribution in [2.24, 2.45) is 0 Å². The van der Waals surface area contributed by atoms with E-state index < -0.39 is 0 Å². The summed E-state index contributed by atoms with van der Waals surface area (Å²) in [6, 6.07) is 20.3. The lowest BCUT2D eigenvalue weighted by Gasteiger charge is -2.18. The molecule has 29 heavy (non-hydrogen) atoms. The largest absolute Gasteiger partial charge is 0.449 e. The third-order valence-electron chi connectivity index (χ3n) is 4.99. The van der Waals surface area contributed by atoms with Gasteiger partial charge in [0, 0.05) is 10.3 Å². The molecule has 0 saturated carbocycles. The highest BCUT2D eigenvalue weighted by molar-refractivity contribution is 7.10. The molecule has 0 aliphatic heterocycles. The smallest absolute Gasteiger partial charge is 0.294 e. The Labute approximate surface area is 171 Å². The summed E-state index contributed by atoms with van der Waals surface area (Å²) in [5.74, 6) is 0.586. The molecule has 3 heterocycles. The molecule has 0 unspecified atom stereocenters. The summed E-state index contributed by atoms with van der Waals surface area (Å²) in [6.07, 6.45) is 0.